The number of carbonyl (C=O) groups excluding carboxylic acids is 1. The van der Waals surface area contributed by atoms with Crippen molar-refractivity contribution in [2.45, 2.75) is 12.7 Å². The highest BCUT2D eigenvalue weighted by Crippen LogP contribution is 2.32. The average Bonchev–Trinajstić information content (AvgIpc) is 3.47. The summed E-state index contributed by atoms with van der Waals surface area (Å²) in [7, 11) is 0. The van der Waals surface area contributed by atoms with E-state index in [4.69, 9.17) is 0 Å². The van der Waals surface area contributed by atoms with Crippen molar-refractivity contribution < 1.29 is 18.0 Å². The lowest BCUT2D eigenvalue weighted by atomic mass is 10.1. The fourth-order valence-corrected chi connectivity index (χ4v) is 4.13. The Morgan fingerprint density at radius 3 is 2.73 bits per heavy atom. The van der Waals surface area contributed by atoms with Crippen LogP contribution in [0.5, 0.6) is 0 Å². The molecule has 0 saturated heterocycles. The lowest BCUT2D eigenvalue weighted by Gasteiger charge is -2.08. The van der Waals surface area contributed by atoms with Gasteiger partial charge in [-0.15, -0.1) is 11.3 Å². The van der Waals surface area contributed by atoms with Crippen LogP contribution in [0.1, 0.15) is 20.8 Å². The second-order valence-corrected chi connectivity index (χ2v) is 8.24. The normalized spacial score (nSPS) is 11.8. The van der Waals surface area contributed by atoms with Crippen molar-refractivity contribution in [1.82, 2.24) is 25.1 Å². The number of aromatic amines is 1. The van der Waals surface area contributed by atoms with E-state index in [-0.39, 0.29) is 28.2 Å². The Balaban J connectivity index is 1.58. The summed E-state index contributed by atoms with van der Waals surface area (Å²) in [5, 5.41) is 11.7. The first kappa shape index (κ1) is 20.9. The summed E-state index contributed by atoms with van der Waals surface area (Å²) in [6, 6.07) is 12.9. The van der Waals surface area contributed by atoms with E-state index in [1.807, 2.05) is 17.5 Å². The van der Waals surface area contributed by atoms with Gasteiger partial charge in [0.1, 0.15) is 5.69 Å². The molecule has 0 unspecified atom stereocenters. The van der Waals surface area contributed by atoms with Crippen molar-refractivity contribution >= 4 is 33.8 Å². The zero-order chi connectivity index (χ0) is 23.2. The number of carbonyl (C=O) groups is 1. The van der Waals surface area contributed by atoms with Crippen LogP contribution in [0.4, 0.5) is 13.2 Å². The summed E-state index contributed by atoms with van der Waals surface area (Å²) in [4.78, 5) is 30.2. The minimum atomic E-state index is -4.52. The maximum absolute atomic E-state index is 13.1. The molecule has 0 spiro atoms. The van der Waals surface area contributed by atoms with Gasteiger partial charge in [-0.05, 0) is 41.8 Å². The smallest absolute Gasteiger partial charge is 0.347 e. The first-order valence-electron chi connectivity index (χ1n) is 9.70. The summed E-state index contributed by atoms with van der Waals surface area (Å²) >= 11 is 1.52. The van der Waals surface area contributed by atoms with E-state index in [2.05, 4.69) is 20.6 Å². The van der Waals surface area contributed by atoms with Gasteiger partial charge in [-0.1, -0.05) is 18.2 Å². The summed E-state index contributed by atoms with van der Waals surface area (Å²) < 4.78 is 40.8. The van der Waals surface area contributed by atoms with Crippen molar-refractivity contribution in [1.29, 1.82) is 0 Å². The SMILES string of the molecule is O=C(NCc1cccs1)c1ccc2c(=O)nc3c(-c4cccc(C(F)(F)F)c4)n[nH]n3c2c1. The van der Waals surface area contributed by atoms with Gasteiger partial charge >= 0.3 is 6.18 Å². The molecule has 0 bridgehead atoms. The third kappa shape index (κ3) is 3.87. The molecule has 33 heavy (non-hydrogen) atoms. The number of aromatic nitrogens is 4. The molecule has 0 saturated carbocycles. The van der Waals surface area contributed by atoms with Crippen LogP contribution in [-0.4, -0.2) is 25.7 Å². The Bertz CT molecular complexity index is 1550. The monoisotopic (exact) mass is 469 g/mol. The standard InChI is InChI=1S/C22H14F3N5O2S/c23-22(24,25)14-4-1-3-12(9-14)18-19-27-21(32)16-7-6-13(10-17(16)30(19)29-28-18)20(31)26-11-15-5-2-8-33-15/h1-10,29H,11H2,(H,26,31). The molecule has 11 heteroatoms. The van der Waals surface area contributed by atoms with E-state index in [9.17, 15) is 22.8 Å². The molecule has 0 aliphatic rings. The molecule has 0 aliphatic carbocycles. The molecule has 166 valence electrons. The minimum absolute atomic E-state index is 0.0583. The zero-order valence-corrected chi connectivity index (χ0v) is 17.5. The highest BCUT2D eigenvalue weighted by molar-refractivity contribution is 7.09. The first-order valence-corrected chi connectivity index (χ1v) is 10.6. The van der Waals surface area contributed by atoms with E-state index < -0.39 is 17.3 Å². The molecule has 0 radical (unpaired) electrons. The number of thiophene rings is 1. The Labute approximate surface area is 187 Å². The minimum Gasteiger partial charge on any atom is -0.347 e. The van der Waals surface area contributed by atoms with Crippen molar-refractivity contribution in [2.24, 2.45) is 0 Å². The van der Waals surface area contributed by atoms with Crippen LogP contribution in [0, 0.1) is 0 Å². The van der Waals surface area contributed by atoms with Crippen molar-refractivity contribution in [3.05, 3.63) is 86.3 Å². The molecule has 3 heterocycles. The number of rotatable bonds is 4. The van der Waals surface area contributed by atoms with Gasteiger partial charge in [-0.25, -0.2) is 9.73 Å². The van der Waals surface area contributed by atoms with E-state index in [0.717, 1.165) is 17.0 Å². The van der Waals surface area contributed by atoms with Gasteiger partial charge in [-0.3, -0.25) is 9.59 Å². The fourth-order valence-electron chi connectivity index (χ4n) is 3.49. The van der Waals surface area contributed by atoms with Gasteiger partial charge < -0.3 is 5.32 Å². The highest BCUT2D eigenvalue weighted by Gasteiger charge is 2.31. The van der Waals surface area contributed by atoms with Gasteiger partial charge in [0.25, 0.3) is 11.5 Å². The maximum Gasteiger partial charge on any atom is 0.416 e. The first-order chi connectivity index (χ1) is 15.8. The topological polar surface area (TPSA) is 92.2 Å². The van der Waals surface area contributed by atoms with Crippen LogP contribution in [0.15, 0.2) is 64.8 Å². The maximum atomic E-state index is 13.1. The number of halogens is 3. The molecular weight excluding hydrogens is 455 g/mol. The van der Waals surface area contributed by atoms with Crippen LogP contribution in [0.3, 0.4) is 0 Å². The largest absolute Gasteiger partial charge is 0.416 e. The van der Waals surface area contributed by atoms with Gasteiger partial charge in [0.15, 0.2) is 5.65 Å². The third-order valence-corrected chi connectivity index (χ3v) is 5.97. The summed E-state index contributed by atoms with van der Waals surface area (Å²) in [5.41, 5.74) is -0.470. The zero-order valence-electron chi connectivity index (χ0n) is 16.7. The summed E-state index contributed by atoms with van der Waals surface area (Å²) in [6.45, 7) is 0.365. The number of hydrogen-bond donors (Lipinski definition) is 2. The molecular formula is C22H14F3N5O2S. The number of H-pyrrole nitrogens is 1. The second kappa shape index (κ2) is 7.85. The lowest BCUT2D eigenvalue weighted by Crippen LogP contribution is -2.22. The molecule has 2 aromatic carbocycles. The second-order valence-electron chi connectivity index (χ2n) is 7.21. The Hall–Kier alpha value is -3.99. The highest BCUT2D eigenvalue weighted by atomic mass is 32.1. The fraction of sp³-hybridized carbons (Fsp3) is 0.0909. The van der Waals surface area contributed by atoms with E-state index in [0.29, 0.717) is 17.6 Å². The van der Waals surface area contributed by atoms with E-state index in [1.54, 1.807) is 0 Å². The predicted molar refractivity (Wildman–Crippen MR) is 117 cm³/mol. The van der Waals surface area contributed by atoms with Crippen LogP contribution >= 0.6 is 11.3 Å². The number of nitrogens with one attached hydrogen (secondary N) is 2. The van der Waals surface area contributed by atoms with Crippen LogP contribution in [0.2, 0.25) is 0 Å². The van der Waals surface area contributed by atoms with Crippen LogP contribution < -0.4 is 10.9 Å². The van der Waals surface area contributed by atoms with E-state index >= 15 is 0 Å². The van der Waals surface area contributed by atoms with Gasteiger partial charge in [-0.2, -0.15) is 23.3 Å². The number of hydrogen-bond acceptors (Lipinski definition) is 5. The van der Waals surface area contributed by atoms with Crippen LogP contribution in [0.25, 0.3) is 27.8 Å². The molecule has 0 fully saturated rings. The number of fused-ring (bicyclic) bond motifs is 3. The van der Waals surface area contributed by atoms with Gasteiger partial charge in [0, 0.05) is 16.0 Å². The summed E-state index contributed by atoms with van der Waals surface area (Å²) in [5.74, 6) is -0.332. The Morgan fingerprint density at radius 1 is 1.12 bits per heavy atom. The van der Waals surface area contributed by atoms with Gasteiger partial charge in [0.2, 0.25) is 0 Å². The average molecular weight is 469 g/mol. The molecule has 7 nitrogen and oxygen atoms in total. The van der Waals surface area contributed by atoms with Gasteiger partial charge in [0.05, 0.1) is 23.0 Å². The number of alkyl halides is 3. The summed E-state index contributed by atoms with van der Waals surface area (Å²) in [6.07, 6.45) is -4.52. The quantitative estimate of drug-likeness (QED) is 0.412. The predicted octanol–water partition coefficient (Wildman–Crippen LogP) is 4.25. The lowest BCUT2D eigenvalue weighted by molar-refractivity contribution is -0.137. The molecule has 0 atom stereocenters. The molecule has 5 rings (SSSR count). The van der Waals surface area contributed by atoms with Crippen molar-refractivity contribution in [3.63, 3.8) is 0 Å². The molecule has 3 aromatic heterocycles. The number of amides is 1. The third-order valence-electron chi connectivity index (χ3n) is 5.09. The molecule has 2 N–H and O–H groups in total. The molecule has 5 aromatic rings. The Kier molecular flexibility index (Phi) is 4.97. The van der Waals surface area contributed by atoms with E-state index in [1.165, 1.54) is 46.2 Å². The van der Waals surface area contributed by atoms with Crippen LogP contribution in [-0.2, 0) is 12.7 Å². The van der Waals surface area contributed by atoms with Crippen molar-refractivity contribution in [3.8, 4) is 11.3 Å². The number of nitrogens with zero attached hydrogens (tertiary/aromatic N) is 3. The molecule has 1 amide bonds. The molecule has 0 aliphatic heterocycles. The number of benzene rings is 2. The Morgan fingerprint density at radius 2 is 1.97 bits per heavy atom. The van der Waals surface area contributed by atoms with Crippen molar-refractivity contribution in [2.75, 3.05) is 0 Å².